The van der Waals surface area contributed by atoms with E-state index in [0.717, 1.165) is 30.3 Å². The predicted molar refractivity (Wildman–Crippen MR) is 75.0 cm³/mol. The van der Waals surface area contributed by atoms with Gasteiger partial charge in [0.15, 0.2) is 0 Å². The molecule has 1 aromatic rings. The molecule has 1 amide bonds. The molecular weight excluding hydrogens is 294 g/mol. The molecule has 1 aliphatic heterocycles. The maximum absolute atomic E-state index is 12.3. The lowest BCUT2D eigenvalue weighted by atomic mass is 10.1. The number of hydrogen-bond donors (Lipinski definition) is 0. The minimum Gasteiger partial charge on any atom is -0.380 e. The molecule has 1 saturated heterocycles. The summed E-state index contributed by atoms with van der Waals surface area (Å²) in [5.41, 5.74) is 1.94. The smallest absolute Gasteiger partial charge is 0.253 e. The van der Waals surface area contributed by atoms with Gasteiger partial charge in [-0.05, 0) is 30.5 Å². The van der Waals surface area contributed by atoms with Crippen molar-refractivity contribution in [3.63, 3.8) is 0 Å². The normalized spacial score (nSPS) is 19.9. The molecule has 3 nitrogen and oxygen atoms in total. The van der Waals surface area contributed by atoms with Crippen LogP contribution in [0.15, 0.2) is 24.3 Å². The van der Waals surface area contributed by atoms with E-state index in [1.807, 2.05) is 29.2 Å². The first-order valence-electron chi connectivity index (χ1n) is 6.21. The van der Waals surface area contributed by atoms with Crippen LogP contribution in [0, 0.1) is 0 Å². The molecule has 1 atom stereocenters. The fourth-order valence-corrected chi connectivity index (χ4v) is 2.61. The molecule has 0 N–H and O–H groups in total. The lowest BCUT2D eigenvalue weighted by Gasteiger charge is -2.32. The first-order chi connectivity index (χ1) is 8.74. The Morgan fingerprint density at radius 1 is 1.44 bits per heavy atom. The fourth-order valence-electron chi connectivity index (χ4n) is 2.23. The average molecular weight is 312 g/mol. The van der Waals surface area contributed by atoms with Crippen LogP contribution in [0.3, 0.4) is 0 Å². The molecule has 4 heteroatoms. The van der Waals surface area contributed by atoms with E-state index in [2.05, 4.69) is 15.9 Å². The molecule has 0 aliphatic carbocycles. The van der Waals surface area contributed by atoms with Crippen molar-refractivity contribution in [2.24, 2.45) is 0 Å². The van der Waals surface area contributed by atoms with Gasteiger partial charge in [-0.15, -0.1) is 0 Å². The number of ether oxygens (including phenoxy) is 1. The highest BCUT2D eigenvalue weighted by Crippen LogP contribution is 2.16. The molecule has 1 aliphatic rings. The van der Waals surface area contributed by atoms with Gasteiger partial charge in [0.25, 0.3) is 5.91 Å². The maximum Gasteiger partial charge on any atom is 0.253 e. The number of halogens is 1. The van der Waals surface area contributed by atoms with Crippen molar-refractivity contribution in [2.75, 3.05) is 20.2 Å². The van der Waals surface area contributed by atoms with E-state index in [-0.39, 0.29) is 12.0 Å². The van der Waals surface area contributed by atoms with Gasteiger partial charge in [0.05, 0.1) is 6.10 Å². The highest BCUT2D eigenvalue weighted by molar-refractivity contribution is 9.08. The summed E-state index contributed by atoms with van der Waals surface area (Å²) in [5.74, 6) is 0.109. The summed E-state index contributed by atoms with van der Waals surface area (Å²) < 4.78 is 5.34. The topological polar surface area (TPSA) is 29.5 Å². The van der Waals surface area contributed by atoms with Crippen molar-refractivity contribution in [3.05, 3.63) is 35.4 Å². The Morgan fingerprint density at radius 3 is 2.78 bits per heavy atom. The number of likely N-dealkylation sites (tertiary alicyclic amines) is 1. The van der Waals surface area contributed by atoms with Gasteiger partial charge in [0.2, 0.25) is 0 Å². The lowest BCUT2D eigenvalue weighted by Crippen LogP contribution is -2.42. The first-order valence-corrected chi connectivity index (χ1v) is 7.33. The molecule has 2 rings (SSSR count). The summed E-state index contributed by atoms with van der Waals surface area (Å²) in [4.78, 5) is 14.2. The molecule has 1 unspecified atom stereocenters. The van der Waals surface area contributed by atoms with Crippen LogP contribution in [0.4, 0.5) is 0 Å². The molecule has 0 bridgehead atoms. The third-order valence-electron chi connectivity index (χ3n) is 3.35. The molecule has 0 aromatic heterocycles. The van der Waals surface area contributed by atoms with Crippen molar-refractivity contribution < 1.29 is 9.53 Å². The number of amides is 1. The maximum atomic E-state index is 12.3. The fraction of sp³-hybridized carbons (Fsp3) is 0.500. The molecular formula is C14H18BrNO2. The molecule has 1 heterocycles. The number of alkyl halides is 1. The largest absolute Gasteiger partial charge is 0.380 e. The van der Waals surface area contributed by atoms with Crippen molar-refractivity contribution in [2.45, 2.75) is 24.3 Å². The zero-order valence-electron chi connectivity index (χ0n) is 10.6. The molecule has 1 aromatic carbocycles. The molecule has 1 fully saturated rings. The lowest BCUT2D eigenvalue weighted by molar-refractivity contribution is 0.0269. The van der Waals surface area contributed by atoms with Gasteiger partial charge in [0, 0.05) is 31.1 Å². The van der Waals surface area contributed by atoms with E-state index < -0.39 is 0 Å². The molecule has 18 heavy (non-hydrogen) atoms. The second-order valence-electron chi connectivity index (χ2n) is 4.58. The number of benzene rings is 1. The minimum atomic E-state index is 0.109. The van der Waals surface area contributed by atoms with Gasteiger partial charge < -0.3 is 9.64 Å². The second kappa shape index (κ2) is 6.34. The Balaban J connectivity index is 2.05. The summed E-state index contributed by atoms with van der Waals surface area (Å²) >= 11 is 3.40. The summed E-state index contributed by atoms with van der Waals surface area (Å²) in [6.07, 6.45) is 2.25. The molecule has 0 spiro atoms. The Hall–Kier alpha value is -0.870. The highest BCUT2D eigenvalue weighted by Gasteiger charge is 2.24. The molecule has 0 radical (unpaired) electrons. The van der Waals surface area contributed by atoms with Gasteiger partial charge in [-0.1, -0.05) is 28.1 Å². The quantitative estimate of drug-likeness (QED) is 0.803. The van der Waals surface area contributed by atoms with Crippen molar-refractivity contribution in [1.82, 2.24) is 4.90 Å². The van der Waals surface area contributed by atoms with Crippen LogP contribution >= 0.6 is 15.9 Å². The number of hydrogen-bond acceptors (Lipinski definition) is 2. The third-order valence-corrected chi connectivity index (χ3v) is 4.00. The number of piperidine rings is 1. The predicted octanol–water partition coefficient (Wildman–Crippen LogP) is 2.83. The monoisotopic (exact) mass is 311 g/mol. The van der Waals surface area contributed by atoms with Crippen LogP contribution in [0.1, 0.15) is 28.8 Å². The van der Waals surface area contributed by atoms with Crippen LogP contribution in [-0.4, -0.2) is 37.1 Å². The van der Waals surface area contributed by atoms with Gasteiger partial charge >= 0.3 is 0 Å². The Labute approximate surface area is 116 Å². The Kier molecular flexibility index (Phi) is 4.78. The van der Waals surface area contributed by atoms with Crippen LogP contribution in [0.25, 0.3) is 0 Å². The second-order valence-corrected chi connectivity index (χ2v) is 5.14. The van der Waals surface area contributed by atoms with Crippen molar-refractivity contribution >= 4 is 21.8 Å². The summed E-state index contributed by atoms with van der Waals surface area (Å²) in [6, 6.07) is 7.77. The number of carbonyl (C=O) groups excluding carboxylic acids is 1. The zero-order valence-corrected chi connectivity index (χ0v) is 12.1. The number of carbonyl (C=O) groups is 1. The molecule has 0 saturated carbocycles. The van der Waals surface area contributed by atoms with Gasteiger partial charge in [-0.25, -0.2) is 0 Å². The van der Waals surface area contributed by atoms with E-state index >= 15 is 0 Å². The van der Waals surface area contributed by atoms with Crippen LogP contribution in [-0.2, 0) is 10.1 Å². The number of nitrogens with zero attached hydrogens (tertiary/aromatic N) is 1. The minimum absolute atomic E-state index is 0.109. The average Bonchev–Trinajstić information content (AvgIpc) is 2.46. The molecule has 98 valence electrons. The number of rotatable bonds is 3. The summed E-state index contributed by atoms with van der Waals surface area (Å²) in [5, 5.41) is 0.816. The van der Waals surface area contributed by atoms with Gasteiger partial charge in [-0.3, -0.25) is 4.79 Å². The van der Waals surface area contributed by atoms with Crippen molar-refractivity contribution in [1.29, 1.82) is 0 Å². The highest BCUT2D eigenvalue weighted by atomic mass is 79.9. The third kappa shape index (κ3) is 3.12. The Bertz CT molecular complexity index is 405. The van der Waals surface area contributed by atoms with E-state index in [4.69, 9.17) is 4.74 Å². The van der Waals surface area contributed by atoms with Crippen molar-refractivity contribution in [3.8, 4) is 0 Å². The van der Waals surface area contributed by atoms with E-state index in [0.29, 0.717) is 6.54 Å². The first kappa shape index (κ1) is 13.6. The zero-order chi connectivity index (χ0) is 13.0. The van der Waals surface area contributed by atoms with Crippen LogP contribution < -0.4 is 0 Å². The van der Waals surface area contributed by atoms with Gasteiger partial charge in [0.1, 0.15) is 0 Å². The van der Waals surface area contributed by atoms with E-state index in [1.54, 1.807) is 7.11 Å². The van der Waals surface area contributed by atoms with E-state index in [1.165, 1.54) is 5.56 Å². The van der Waals surface area contributed by atoms with Crippen LogP contribution in [0.2, 0.25) is 0 Å². The summed E-state index contributed by atoms with van der Waals surface area (Å²) in [6.45, 7) is 1.54. The van der Waals surface area contributed by atoms with Crippen LogP contribution in [0.5, 0.6) is 0 Å². The van der Waals surface area contributed by atoms with Gasteiger partial charge in [-0.2, -0.15) is 0 Å². The van der Waals surface area contributed by atoms with E-state index in [9.17, 15) is 4.79 Å². The summed E-state index contributed by atoms with van der Waals surface area (Å²) in [7, 11) is 1.71. The standard InChI is InChI=1S/C14H18BrNO2/c1-18-13-3-2-8-16(10-13)14(17)12-6-4-11(9-15)5-7-12/h4-7,13H,2-3,8-10H2,1H3. The Morgan fingerprint density at radius 2 is 2.17 bits per heavy atom. The number of methoxy groups -OCH3 is 1. The SMILES string of the molecule is COC1CCCN(C(=O)c2ccc(CBr)cc2)C1.